The molecule has 4 nitrogen and oxygen atoms in total. The average molecular weight is 349 g/mol. The molecule has 1 aromatic carbocycles. The van der Waals surface area contributed by atoms with Crippen LogP contribution in [0.4, 0.5) is 0 Å². The summed E-state index contributed by atoms with van der Waals surface area (Å²) < 4.78 is 52.0. The molecule has 0 spiro atoms. The maximum Gasteiger partial charge on any atom is 0.231 e. The van der Waals surface area contributed by atoms with Crippen molar-refractivity contribution in [1.82, 2.24) is 9.97 Å². The lowest BCUT2D eigenvalue weighted by molar-refractivity contribution is 0.411. The molecule has 0 saturated carbocycles. The van der Waals surface area contributed by atoms with Gasteiger partial charge in [0.05, 0.1) is 16.5 Å². The number of rotatable bonds is 2. The molecule has 0 aliphatic heterocycles. The fourth-order valence-electron chi connectivity index (χ4n) is 3.38. The van der Waals surface area contributed by atoms with Crippen molar-refractivity contribution in [1.29, 1.82) is 0 Å². The van der Waals surface area contributed by atoms with E-state index in [9.17, 15) is 0 Å². The molecule has 0 unspecified atom stereocenters. The Morgan fingerprint density at radius 2 is 1.96 bits per heavy atom. The molecule has 4 aromatic heterocycles. The van der Waals surface area contributed by atoms with Crippen LogP contribution in [0.1, 0.15) is 38.9 Å². The molecule has 0 amide bonds. The number of hydrogen-bond donors (Lipinski definition) is 0. The molecule has 0 N–H and O–H groups in total. The van der Waals surface area contributed by atoms with Gasteiger partial charge in [-0.15, -0.1) is 0 Å². The fourth-order valence-corrected chi connectivity index (χ4v) is 3.38. The minimum absolute atomic E-state index is 0.0901. The predicted octanol–water partition coefficient (Wildman–Crippen LogP) is 6.12. The highest BCUT2D eigenvalue weighted by atomic mass is 16.4. The van der Waals surface area contributed by atoms with Crippen LogP contribution in [-0.2, 0) is 6.37 Å². The summed E-state index contributed by atoms with van der Waals surface area (Å²) in [7, 11) is 0. The topological polar surface area (TPSA) is 52.1 Å². The van der Waals surface area contributed by atoms with Crippen LogP contribution in [0.5, 0.6) is 0 Å². The lowest BCUT2D eigenvalue weighted by Crippen LogP contribution is -2.09. The van der Waals surface area contributed by atoms with Crippen LogP contribution < -0.4 is 0 Å². The molecule has 0 aliphatic carbocycles. The molecule has 0 aliphatic rings. The van der Waals surface area contributed by atoms with E-state index in [0.29, 0.717) is 39.0 Å². The monoisotopic (exact) mass is 349 g/mol. The molecular weight excluding hydrogens is 324 g/mol. The lowest BCUT2D eigenvalue weighted by atomic mass is 9.88. The fraction of sp³-hybridized carbons (Fsp3) is 0.273. The van der Waals surface area contributed by atoms with Crippen molar-refractivity contribution in [3.8, 4) is 11.3 Å². The quantitative estimate of drug-likeness (QED) is 0.385. The highest BCUT2D eigenvalue weighted by Gasteiger charge is 2.22. The Bertz CT molecular complexity index is 1440. The van der Waals surface area contributed by atoms with Gasteiger partial charge in [0.15, 0.2) is 5.58 Å². The van der Waals surface area contributed by atoms with E-state index in [1.807, 2.05) is 26.8 Å². The number of pyridine rings is 2. The van der Waals surface area contributed by atoms with Gasteiger partial charge in [0, 0.05) is 30.4 Å². The van der Waals surface area contributed by atoms with Crippen molar-refractivity contribution in [2.75, 3.05) is 0 Å². The van der Waals surface area contributed by atoms with Gasteiger partial charge in [0.25, 0.3) is 0 Å². The smallest absolute Gasteiger partial charge is 0.231 e. The van der Waals surface area contributed by atoms with Gasteiger partial charge >= 0.3 is 0 Å². The Morgan fingerprint density at radius 3 is 2.77 bits per heavy atom. The second kappa shape index (κ2) is 5.07. The van der Waals surface area contributed by atoms with E-state index in [1.54, 1.807) is 24.4 Å². The molecule has 0 bridgehead atoms. The van der Waals surface area contributed by atoms with Crippen molar-refractivity contribution in [2.45, 2.75) is 34.0 Å². The highest BCUT2D eigenvalue weighted by Crippen LogP contribution is 2.42. The molecule has 0 fully saturated rings. The summed E-state index contributed by atoms with van der Waals surface area (Å²) in [6, 6.07) is 8.44. The Morgan fingerprint density at radius 1 is 1.08 bits per heavy atom. The average Bonchev–Trinajstić information content (AvgIpc) is 3.25. The van der Waals surface area contributed by atoms with Crippen molar-refractivity contribution < 1.29 is 15.7 Å². The first-order valence-electron chi connectivity index (χ1n) is 10.9. The van der Waals surface area contributed by atoms with Crippen molar-refractivity contribution in [3.05, 3.63) is 47.8 Å². The van der Waals surface area contributed by atoms with Crippen LogP contribution in [0.3, 0.4) is 0 Å². The molecule has 4 heterocycles. The summed E-state index contributed by atoms with van der Waals surface area (Å²) in [6.45, 7) is 3.18. The summed E-state index contributed by atoms with van der Waals surface area (Å²) in [5.74, 6) is 0. The number of furan rings is 2. The van der Waals surface area contributed by atoms with Crippen LogP contribution in [0.2, 0.25) is 0 Å². The zero-order valence-electron chi connectivity index (χ0n) is 19.7. The van der Waals surface area contributed by atoms with Gasteiger partial charge in [0.1, 0.15) is 11.2 Å². The second-order valence-electron chi connectivity index (χ2n) is 7.51. The van der Waals surface area contributed by atoms with Gasteiger partial charge in [-0.25, -0.2) is 4.98 Å². The van der Waals surface area contributed by atoms with E-state index in [2.05, 4.69) is 9.97 Å². The largest absolute Gasteiger partial charge is 0.456 e. The minimum atomic E-state index is -2.38. The zero-order valence-corrected chi connectivity index (χ0v) is 14.7. The zero-order chi connectivity index (χ0) is 22.3. The Balaban J connectivity index is 1.75. The molecule has 5 rings (SSSR count). The molecule has 26 heavy (non-hydrogen) atoms. The standard InChI is InChI=1S/C22H20N2O2/c1-12-9-17-19-18-16(25-17)6-5-14(20(18)26-21(19)24-12)15-10-13(7-8-23-15)11-22(2,3)4/h5-10H,11H2,1-4H3/i1D3,11D2. The van der Waals surface area contributed by atoms with E-state index in [-0.39, 0.29) is 11.4 Å². The summed E-state index contributed by atoms with van der Waals surface area (Å²) in [5, 5.41) is 1.36. The van der Waals surface area contributed by atoms with Gasteiger partial charge in [-0.1, -0.05) is 20.8 Å². The van der Waals surface area contributed by atoms with Gasteiger partial charge in [-0.05, 0) is 48.5 Å². The maximum absolute atomic E-state index is 8.59. The van der Waals surface area contributed by atoms with Gasteiger partial charge < -0.3 is 8.83 Å². The number of nitrogens with zero attached hydrogens (tertiary/aromatic N) is 2. The van der Waals surface area contributed by atoms with E-state index in [1.165, 1.54) is 6.07 Å². The first-order valence-corrected chi connectivity index (χ1v) is 8.43. The van der Waals surface area contributed by atoms with E-state index in [4.69, 9.17) is 15.7 Å². The Hall–Kier alpha value is -2.88. The molecule has 4 heteroatoms. The second-order valence-corrected chi connectivity index (χ2v) is 7.51. The summed E-state index contributed by atoms with van der Waals surface area (Å²) >= 11 is 0. The number of aromatic nitrogens is 2. The normalized spacial score (nSPS) is 16.7. The summed E-state index contributed by atoms with van der Waals surface area (Å²) in [5.41, 5.74) is 2.71. The van der Waals surface area contributed by atoms with Crippen LogP contribution in [-0.4, -0.2) is 9.97 Å². The molecule has 0 atom stereocenters. The van der Waals surface area contributed by atoms with Crippen molar-refractivity contribution in [2.24, 2.45) is 5.41 Å². The third kappa shape index (κ3) is 2.29. The van der Waals surface area contributed by atoms with E-state index >= 15 is 0 Å². The third-order valence-corrected chi connectivity index (χ3v) is 4.29. The molecule has 130 valence electrons. The lowest BCUT2D eigenvalue weighted by Gasteiger charge is -2.18. The van der Waals surface area contributed by atoms with E-state index in [0.717, 1.165) is 5.39 Å². The van der Waals surface area contributed by atoms with Gasteiger partial charge in [-0.2, -0.15) is 0 Å². The number of benzene rings is 1. The Kier molecular flexibility index (Phi) is 2.14. The van der Waals surface area contributed by atoms with Crippen molar-refractivity contribution in [3.63, 3.8) is 0 Å². The van der Waals surface area contributed by atoms with Crippen molar-refractivity contribution >= 4 is 33.2 Å². The third-order valence-electron chi connectivity index (χ3n) is 4.29. The molecule has 0 radical (unpaired) electrons. The first-order chi connectivity index (χ1) is 14.4. The van der Waals surface area contributed by atoms with Gasteiger partial charge in [-0.3, -0.25) is 4.98 Å². The van der Waals surface area contributed by atoms with Crippen LogP contribution in [0, 0.1) is 12.3 Å². The summed E-state index contributed by atoms with van der Waals surface area (Å²) in [4.78, 5) is 8.66. The molecule has 5 aromatic rings. The number of hydrogen-bond acceptors (Lipinski definition) is 4. The van der Waals surface area contributed by atoms with Gasteiger partial charge in [0.2, 0.25) is 5.71 Å². The highest BCUT2D eigenvalue weighted by molar-refractivity contribution is 6.21. The van der Waals surface area contributed by atoms with Crippen LogP contribution in [0.15, 0.2) is 45.4 Å². The predicted molar refractivity (Wildman–Crippen MR) is 104 cm³/mol. The maximum atomic E-state index is 8.59. The molecular formula is C22H20N2O2. The van der Waals surface area contributed by atoms with Crippen LogP contribution in [0.25, 0.3) is 44.5 Å². The SMILES string of the molecule is [2H]C([2H])([2H])c1cc2oc3ccc(-c4cc(C([2H])([2H])C(C)(C)C)ccn4)c4oc(n1)c2c34. The molecule has 0 saturated heterocycles. The minimum Gasteiger partial charge on any atom is -0.456 e. The number of aryl methyl sites for hydroxylation is 1. The first kappa shape index (κ1) is 11.0. The summed E-state index contributed by atoms with van der Waals surface area (Å²) in [6.07, 6.45) is 0.0151. The Labute approximate surface area is 158 Å². The van der Waals surface area contributed by atoms with E-state index < -0.39 is 18.6 Å². The van der Waals surface area contributed by atoms with Crippen LogP contribution >= 0.6 is 0 Å².